The third kappa shape index (κ3) is 11.4. The highest BCUT2D eigenvalue weighted by molar-refractivity contribution is 6.38. The number of ketones is 1. The molecule has 39 heavy (non-hydrogen) atoms. The van der Waals surface area contributed by atoms with Gasteiger partial charge in [-0.05, 0) is 43.9 Å². The Morgan fingerprint density at radius 3 is 2.21 bits per heavy atom. The van der Waals surface area contributed by atoms with E-state index in [0.717, 1.165) is 25.7 Å². The van der Waals surface area contributed by atoms with Crippen LogP contribution in [0.2, 0.25) is 0 Å². The molecule has 3 atom stereocenters. The summed E-state index contributed by atoms with van der Waals surface area (Å²) in [6.45, 7) is 14.3. The number of carbonyl (C=O) groups is 5. The number of ether oxygens (including phenoxy) is 1. The predicted octanol–water partition coefficient (Wildman–Crippen LogP) is 3.49. The number of hydrogen-bond acceptors (Lipinski definition) is 6. The minimum absolute atomic E-state index is 0.0172. The van der Waals surface area contributed by atoms with Crippen molar-refractivity contribution in [3.63, 3.8) is 0 Å². The van der Waals surface area contributed by atoms with Gasteiger partial charge in [0.15, 0.2) is 0 Å². The summed E-state index contributed by atoms with van der Waals surface area (Å²) in [7, 11) is 0. The van der Waals surface area contributed by atoms with E-state index in [4.69, 9.17) is 4.74 Å². The lowest BCUT2D eigenvalue weighted by molar-refractivity contribution is -0.143. The molecule has 1 saturated carbocycles. The normalized spacial score (nSPS) is 18.4. The molecule has 1 heterocycles. The van der Waals surface area contributed by atoms with Crippen molar-refractivity contribution in [3.05, 3.63) is 12.7 Å². The van der Waals surface area contributed by atoms with Crippen molar-refractivity contribution in [1.82, 2.24) is 20.9 Å². The minimum atomic E-state index is -0.973. The van der Waals surface area contributed by atoms with E-state index in [0.29, 0.717) is 32.2 Å². The molecule has 2 fully saturated rings. The highest BCUT2D eigenvalue weighted by atomic mass is 16.5. The van der Waals surface area contributed by atoms with E-state index >= 15 is 0 Å². The minimum Gasteiger partial charge on any atom is -0.449 e. The zero-order chi connectivity index (χ0) is 29.4. The summed E-state index contributed by atoms with van der Waals surface area (Å²) >= 11 is 0. The second-order valence-electron chi connectivity index (χ2n) is 10.8. The van der Waals surface area contributed by atoms with Crippen LogP contribution in [-0.2, 0) is 23.9 Å². The maximum Gasteiger partial charge on any atom is 0.407 e. The molecule has 3 N–H and O–H groups in total. The maximum atomic E-state index is 13.6. The Bertz CT molecular complexity index is 825. The van der Waals surface area contributed by atoms with E-state index in [1.807, 2.05) is 20.8 Å². The van der Waals surface area contributed by atoms with E-state index in [1.165, 1.54) is 17.4 Å². The van der Waals surface area contributed by atoms with Gasteiger partial charge in [-0.15, -0.1) is 6.58 Å². The van der Waals surface area contributed by atoms with Gasteiger partial charge in [-0.2, -0.15) is 0 Å². The Kier molecular flexibility index (Phi) is 16.1. The van der Waals surface area contributed by atoms with Gasteiger partial charge in [-0.3, -0.25) is 19.2 Å². The van der Waals surface area contributed by atoms with Crippen LogP contribution in [0.4, 0.5) is 4.79 Å². The molecule has 2 rings (SSSR count). The van der Waals surface area contributed by atoms with Crippen LogP contribution in [0.3, 0.4) is 0 Å². The van der Waals surface area contributed by atoms with Crippen molar-refractivity contribution >= 4 is 29.6 Å². The third-order valence-electron chi connectivity index (χ3n) is 6.64. The highest BCUT2D eigenvalue weighted by Crippen LogP contribution is 2.30. The molecule has 0 aromatic rings. The van der Waals surface area contributed by atoms with Crippen molar-refractivity contribution in [3.8, 4) is 0 Å². The van der Waals surface area contributed by atoms with Crippen LogP contribution >= 0.6 is 0 Å². The molecule has 2 unspecified atom stereocenters. The first-order valence-electron chi connectivity index (χ1n) is 14.6. The molecule has 10 nitrogen and oxygen atoms in total. The number of alkyl carbamates (subject to hydrolysis) is 1. The third-order valence-corrected chi connectivity index (χ3v) is 6.64. The first kappa shape index (κ1) is 34.1. The van der Waals surface area contributed by atoms with Gasteiger partial charge in [0.05, 0.1) is 12.6 Å². The summed E-state index contributed by atoms with van der Waals surface area (Å²) < 4.78 is 5.26. The number of carbonyl (C=O) groups excluding carboxylic acids is 5. The van der Waals surface area contributed by atoms with E-state index < -0.39 is 41.8 Å². The number of nitrogens with zero attached hydrogens (tertiary/aromatic N) is 1. The Labute approximate surface area is 234 Å². The van der Waals surface area contributed by atoms with Gasteiger partial charge in [0.25, 0.3) is 5.91 Å². The highest BCUT2D eigenvalue weighted by Gasteiger charge is 2.42. The summed E-state index contributed by atoms with van der Waals surface area (Å²) in [4.78, 5) is 65.5. The monoisotopic (exact) mass is 550 g/mol. The van der Waals surface area contributed by atoms with Crippen LogP contribution in [-0.4, -0.2) is 72.3 Å². The Morgan fingerprint density at radius 1 is 1.00 bits per heavy atom. The standard InChI is InChI=1S/C26H42N4O6.C3H8/c1-5-10-19(22(31)24(33)27-14-6-2)28-23(32)20-13-9-15-30(20)25(34)21(18-11-7-8-12-18)29-26(35)36-16-17(3)4;1-3-2/h6,17-21H,2,5,7-16H2,1,3-4H3,(H,27,33)(H,28,32)(H,29,35);3H2,1-2H3/t19?,20?,21-;/m0./s1. The zero-order valence-electron chi connectivity index (χ0n) is 24.6. The summed E-state index contributed by atoms with van der Waals surface area (Å²) in [5.41, 5.74) is 0. The van der Waals surface area contributed by atoms with Gasteiger partial charge >= 0.3 is 6.09 Å². The number of nitrogens with one attached hydrogen (secondary N) is 3. The molecule has 0 bridgehead atoms. The van der Waals surface area contributed by atoms with E-state index in [9.17, 15) is 24.0 Å². The van der Waals surface area contributed by atoms with Crippen LogP contribution in [0.1, 0.15) is 92.4 Å². The van der Waals surface area contributed by atoms with Crippen molar-refractivity contribution in [2.45, 2.75) is 111 Å². The molecular weight excluding hydrogens is 500 g/mol. The van der Waals surface area contributed by atoms with E-state index in [1.54, 1.807) is 0 Å². The van der Waals surface area contributed by atoms with Gasteiger partial charge in [0, 0.05) is 13.1 Å². The van der Waals surface area contributed by atoms with E-state index in [-0.39, 0.29) is 30.9 Å². The molecule has 10 heteroatoms. The molecule has 0 aromatic heterocycles. The molecule has 222 valence electrons. The van der Waals surface area contributed by atoms with Gasteiger partial charge in [0.2, 0.25) is 17.6 Å². The quantitative estimate of drug-likeness (QED) is 0.237. The fraction of sp³-hybridized carbons (Fsp3) is 0.759. The smallest absolute Gasteiger partial charge is 0.407 e. The first-order chi connectivity index (χ1) is 18.6. The predicted molar refractivity (Wildman–Crippen MR) is 151 cm³/mol. The SMILES string of the molecule is C=CCNC(=O)C(=O)C(CCC)NC(=O)C1CCCN1C(=O)[C@@H](NC(=O)OCC(C)C)C1CCCC1.CCC. The second kappa shape index (κ2) is 18.4. The second-order valence-corrected chi connectivity index (χ2v) is 10.8. The summed E-state index contributed by atoms with van der Waals surface area (Å²) in [6, 6.07) is -2.50. The molecule has 1 saturated heterocycles. The van der Waals surface area contributed by atoms with Crippen LogP contribution in [0, 0.1) is 11.8 Å². The number of rotatable bonds is 13. The topological polar surface area (TPSA) is 134 Å². The van der Waals surface area contributed by atoms with Crippen molar-refractivity contribution in [2.24, 2.45) is 11.8 Å². The Balaban J connectivity index is 0.00000242. The number of likely N-dealkylation sites (tertiary alicyclic amines) is 1. The van der Waals surface area contributed by atoms with Crippen LogP contribution in [0.15, 0.2) is 12.7 Å². The molecule has 4 amide bonds. The maximum absolute atomic E-state index is 13.6. The average Bonchev–Trinajstić information content (AvgIpc) is 3.61. The first-order valence-corrected chi connectivity index (χ1v) is 14.6. The van der Waals surface area contributed by atoms with Gasteiger partial charge in [-0.1, -0.05) is 66.4 Å². The lowest BCUT2D eigenvalue weighted by Crippen LogP contribution is -2.57. The summed E-state index contributed by atoms with van der Waals surface area (Å²) in [6.07, 6.45) is 7.66. The summed E-state index contributed by atoms with van der Waals surface area (Å²) in [5, 5.41) is 7.92. The average molecular weight is 551 g/mol. The molecule has 0 aromatic carbocycles. The van der Waals surface area contributed by atoms with Crippen LogP contribution < -0.4 is 16.0 Å². The number of amides is 4. The van der Waals surface area contributed by atoms with Crippen LogP contribution in [0.25, 0.3) is 0 Å². The van der Waals surface area contributed by atoms with Crippen molar-refractivity contribution in [1.29, 1.82) is 0 Å². The molecular formula is C29H50N4O6. The number of Topliss-reactive ketones (excluding diaryl/α,β-unsaturated/α-hetero) is 1. The van der Waals surface area contributed by atoms with Crippen LogP contribution in [0.5, 0.6) is 0 Å². The van der Waals surface area contributed by atoms with Gasteiger partial charge < -0.3 is 25.6 Å². The van der Waals surface area contributed by atoms with E-state index in [2.05, 4.69) is 36.4 Å². The molecule has 0 spiro atoms. The zero-order valence-corrected chi connectivity index (χ0v) is 24.6. The van der Waals surface area contributed by atoms with Crippen molar-refractivity contribution in [2.75, 3.05) is 19.7 Å². The van der Waals surface area contributed by atoms with Gasteiger partial charge in [-0.25, -0.2) is 4.79 Å². The lowest BCUT2D eigenvalue weighted by Gasteiger charge is -2.32. The summed E-state index contributed by atoms with van der Waals surface area (Å²) in [5.74, 6) is -2.11. The number of hydrogen-bond donors (Lipinski definition) is 3. The van der Waals surface area contributed by atoms with Crippen molar-refractivity contribution < 1.29 is 28.7 Å². The molecule has 1 aliphatic heterocycles. The molecule has 0 radical (unpaired) electrons. The Morgan fingerprint density at radius 2 is 1.64 bits per heavy atom. The largest absolute Gasteiger partial charge is 0.449 e. The fourth-order valence-electron chi connectivity index (χ4n) is 4.80. The van der Waals surface area contributed by atoms with Gasteiger partial charge in [0.1, 0.15) is 12.1 Å². The molecule has 2 aliphatic rings. The fourth-order valence-corrected chi connectivity index (χ4v) is 4.80. The molecule has 1 aliphatic carbocycles. The Hall–Kier alpha value is -2.91. The lowest BCUT2D eigenvalue weighted by atomic mass is 9.96.